The summed E-state index contributed by atoms with van der Waals surface area (Å²) < 4.78 is 13.3. The third-order valence-electron chi connectivity index (χ3n) is 2.44. The number of aliphatic hydroxyl groups excluding tert-OH is 1. The molecule has 0 atom stereocenters. The van der Waals surface area contributed by atoms with E-state index in [0.717, 1.165) is 12.8 Å². The number of nitrogens with one attached hydrogen (secondary N) is 2. The molecule has 1 aromatic carbocycles. The van der Waals surface area contributed by atoms with Gasteiger partial charge in [-0.3, -0.25) is 0 Å². The molecule has 94 valence electrons. The van der Waals surface area contributed by atoms with Crippen molar-refractivity contribution in [2.75, 3.05) is 11.9 Å². The van der Waals surface area contributed by atoms with Gasteiger partial charge >= 0.3 is 6.03 Å². The number of hydrogen-bond acceptors (Lipinski definition) is 2. The number of carbonyl (C=O) groups excluding carboxylic acids is 1. The smallest absolute Gasteiger partial charge is 0.319 e. The fourth-order valence-corrected chi connectivity index (χ4v) is 1.41. The zero-order valence-electron chi connectivity index (χ0n) is 9.66. The SMILES string of the molecule is O=C(Nc1ccc(F)c(C#CCO)c1)NC1CC1. The first kappa shape index (κ1) is 12.4. The van der Waals surface area contributed by atoms with E-state index in [0.29, 0.717) is 5.69 Å². The van der Waals surface area contributed by atoms with Gasteiger partial charge in [-0.1, -0.05) is 11.8 Å². The van der Waals surface area contributed by atoms with E-state index in [-0.39, 0.29) is 24.2 Å². The second kappa shape index (κ2) is 5.52. The third-order valence-corrected chi connectivity index (χ3v) is 2.44. The number of carbonyl (C=O) groups is 1. The van der Waals surface area contributed by atoms with Gasteiger partial charge in [-0.25, -0.2) is 9.18 Å². The third kappa shape index (κ3) is 3.47. The molecule has 3 N–H and O–H groups in total. The van der Waals surface area contributed by atoms with Gasteiger partial charge in [0.25, 0.3) is 0 Å². The minimum atomic E-state index is -0.482. The lowest BCUT2D eigenvalue weighted by atomic mass is 10.2. The average Bonchev–Trinajstić information content (AvgIpc) is 3.13. The topological polar surface area (TPSA) is 61.4 Å². The van der Waals surface area contributed by atoms with Crippen molar-refractivity contribution in [1.29, 1.82) is 0 Å². The summed E-state index contributed by atoms with van der Waals surface area (Å²) in [6.07, 6.45) is 2.01. The van der Waals surface area contributed by atoms with E-state index in [1.807, 2.05) is 0 Å². The van der Waals surface area contributed by atoms with E-state index >= 15 is 0 Å². The van der Waals surface area contributed by atoms with Crippen LogP contribution in [0.15, 0.2) is 18.2 Å². The molecule has 1 fully saturated rings. The molecular formula is C13H13FN2O2. The van der Waals surface area contributed by atoms with Crippen LogP contribution in [0.4, 0.5) is 14.9 Å². The molecule has 18 heavy (non-hydrogen) atoms. The highest BCUT2D eigenvalue weighted by Crippen LogP contribution is 2.19. The van der Waals surface area contributed by atoms with Gasteiger partial charge in [0, 0.05) is 11.7 Å². The Morgan fingerprint density at radius 2 is 2.28 bits per heavy atom. The van der Waals surface area contributed by atoms with Crippen LogP contribution < -0.4 is 10.6 Å². The van der Waals surface area contributed by atoms with E-state index in [9.17, 15) is 9.18 Å². The fourth-order valence-electron chi connectivity index (χ4n) is 1.41. The molecule has 4 nitrogen and oxygen atoms in total. The summed E-state index contributed by atoms with van der Waals surface area (Å²) >= 11 is 0. The second-order valence-corrected chi connectivity index (χ2v) is 4.03. The van der Waals surface area contributed by atoms with Crippen LogP contribution in [0.2, 0.25) is 0 Å². The summed E-state index contributed by atoms with van der Waals surface area (Å²) in [5, 5.41) is 13.9. The number of benzene rings is 1. The predicted molar refractivity (Wildman–Crippen MR) is 65.5 cm³/mol. The van der Waals surface area contributed by atoms with Gasteiger partial charge < -0.3 is 15.7 Å². The van der Waals surface area contributed by atoms with E-state index in [4.69, 9.17) is 5.11 Å². The Labute approximate surface area is 104 Å². The number of urea groups is 1. The first-order valence-electron chi connectivity index (χ1n) is 5.66. The molecule has 0 radical (unpaired) electrons. The van der Waals surface area contributed by atoms with Crippen LogP contribution in [0, 0.1) is 17.7 Å². The van der Waals surface area contributed by atoms with Gasteiger partial charge in [0.1, 0.15) is 12.4 Å². The molecular weight excluding hydrogens is 235 g/mol. The Bertz CT molecular complexity index is 515. The number of halogens is 1. The van der Waals surface area contributed by atoms with E-state index < -0.39 is 5.82 Å². The van der Waals surface area contributed by atoms with Gasteiger partial charge in [0.2, 0.25) is 0 Å². The minimum Gasteiger partial charge on any atom is -0.384 e. The van der Waals surface area contributed by atoms with Crippen molar-refractivity contribution in [3.63, 3.8) is 0 Å². The molecule has 1 aliphatic carbocycles. The molecule has 0 heterocycles. The van der Waals surface area contributed by atoms with Crippen molar-refractivity contribution in [2.24, 2.45) is 0 Å². The molecule has 0 saturated heterocycles. The maximum absolute atomic E-state index is 13.3. The Balaban J connectivity index is 2.05. The first-order valence-corrected chi connectivity index (χ1v) is 5.66. The number of aliphatic hydroxyl groups is 1. The van der Waals surface area contributed by atoms with Crippen molar-refractivity contribution in [3.8, 4) is 11.8 Å². The van der Waals surface area contributed by atoms with Gasteiger partial charge in [0.05, 0.1) is 5.56 Å². The van der Waals surface area contributed by atoms with Crippen LogP contribution in [0.5, 0.6) is 0 Å². The van der Waals surface area contributed by atoms with E-state index in [1.54, 1.807) is 0 Å². The summed E-state index contributed by atoms with van der Waals surface area (Å²) in [4.78, 5) is 11.5. The minimum absolute atomic E-state index is 0.147. The van der Waals surface area contributed by atoms with Gasteiger partial charge in [-0.2, -0.15) is 0 Å². The lowest BCUT2D eigenvalue weighted by molar-refractivity contribution is 0.251. The fraction of sp³-hybridized carbons (Fsp3) is 0.308. The molecule has 0 bridgehead atoms. The zero-order chi connectivity index (χ0) is 13.0. The first-order chi connectivity index (χ1) is 8.69. The number of hydrogen-bond donors (Lipinski definition) is 3. The van der Waals surface area contributed by atoms with Crippen molar-refractivity contribution in [2.45, 2.75) is 18.9 Å². The maximum Gasteiger partial charge on any atom is 0.319 e. The quantitative estimate of drug-likeness (QED) is 0.694. The van der Waals surface area contributed by atoms with Crippen molar-refractivity contribution in [3.05, 3.63) is 29.6 Å². The number of amides is 2. The van der Waals surface area contributed by atoms with Gasteiger partial charge in [-0.15, -0.1) is 0 Å². The largest absolute Gasteiger partial charge is 0.384 e. The van der Waals surface area contributed by atoms with Gasteiger partial charge in [-0.05, 0) is 31.0 Å². The Hall–Kier alpha value is -2.06. The number of rotatable bonds is 2. The standard InChI is InChI=1S/C13H13FN2O2/c14-12-6-5-11(8-9(12)2-1-7-17)16-13(18)15-10-3-4-10/h5-6,8,10,17H,3-4,7H2,(H2,15,16,18). The predicted octanol–water partition coefficient (Wildman–Crippen LogP) is 1.45. The maximum atomic E-state index is 13.3. The second-order valence-electron chi connectivity index (χ2n) is 4.03. The normalized spacial score (nSPS) is 13.4. The summed E-state index contributed by atoms with van der Waals surface area (Å²) in [6, 6.07) is 4.09. The highest BCUT2D eigenvalue weighted by Gasteiger charge is 2.23. The average molecular weight is 248 g/mol. The van der Waals surface area contributed by atoms with Crippen LogP contribution in [0.3, 0.4) is 0 Å². The number of anilines is 1. The molecule has 1 aliphatic rings. The molecule has 0 spiro atoms. The summed E-state index contributed by atoms with van der Waals surface area (Å²) in [5.74, 6) is 4.37. The van der Waals surface area contributed by atoms with Crippen LogP contribution in [0.25, 0.3) is 0 Å². The van der Waals surface area contributed by atoms with Crippen LogP contribution >= 0.6 is 0 Å². The molecule has 0 aromatic heterocycles. The highest BCUT2D eigenvalue weighted by atomic mass is 19.1. The Kier molecular flexibility index (Phi) is 3.80. The zero-order valence-corrected chi connectivity index (χ0v) is 9.66. The molecule has 2 amide bonds. The highest BCUT2D eigenvalue weighted by molar-refractivity contribution is 5.89. The summed E-state index contributed by atoms with van der Waals surface area (Å²) in [5.41, 5.74) is 0.616. The van der Waals surface area contributed by atoms with Crippen molar-refractivity contribution < 1.29 is 14.3 Å². The lowest BCUT2D eigenvalue weighted by Gasteiger charge is -2.07. The van der Waals surface area contributed by atoms with Crippen molar-refractivity contribution >= 4 is 11.7 Å². The molecule has 1 saturated carbocycles. The summed E-state index contributed by atoms with van der Waals surface area (Å²) in [7, 11) is 0. The molecule has 0 aliphatic heterocycles. The van der Waals surface area contributed by atoms with Crippen LogP contribution in [0.1, 0.15) is 18.4 Å². The summed E-state index contributed by atoms with van der Waals surface area (Å²) in [6.45, 7) is -0.334. The Morgan fingerprint density at radius 1 is 1.50 bits per heavy atom. The van der Waals surface area contributed by atoms with E-state index in [2.05, 4.69) is 22.5 Å². The molecule has 5 heteroatoms. The lowest BCUT2D eigenvalue weighted by Crippen LogP contribution is -2.30. The molecule has 2 rings (SSSR count). The van der Waals surface area contributed by atoms with Crippen LogP contribution in [-0.4, -0.2) is 23.8 Å². The molecule has 1 aromatic rings. The molecule has 0 unspecified atom stereocenters. The van der Waals surface area contributed by atoms with Crippen LogP contribution in [-0.2, 0) is 0 Å². The van der Waals surface area contributed by atoms with Gasteiger partial charge in [0.15, 0.2) is 0 Å². The van der Waals surface area contributed by atoms with Crippen molar-refractivity contribution in [1.82, 2.24) is 5.32 Å². The monoisotopic (exact) mass is 248 g/mol. The Morgan fingerprint density at radius 3 is 2.94 bits per heavy atom. The van der Waals surface area contributed by atoms with E-state index in [1.165, 1.54) is 18.2 Å².